The first kappa shape index (κ1) is 19.9. The Morgan fingerprint density at radius 2 is 1.72 bits per heavy atom. The zero-order valence-electron chi connectivity index (χ0n) is 15.9. The quantitative estimate of drug-likeness (QED) is 0.799. The highest BCUT2D eigenvalue weighted by Gasteiger charge is 2.29. The molecule has 2 aliphatic rings. The normalized spacial score (nSPS) is 18.8. The topological polar surface area (TPSA) is 85.9 Å². The maximum absolute atomic E-state index is 14.0. The molecule has 0 aliphatic carbocycles. The number of sulfonamides is 1. The summed E-state index contributed by atoms with van der Waals surface area (Å²) >= 11 is 0. The predicted octanol–water partition coefficient (Wildman–Crippen LogP) is 1.14. The molecule has 3 heterocycles. The monoisotopic (exact) mass is 422 g/mol. The number of morpholine rings is 1. The number of rotatable bonds is 4. The molecule has 4 rings (SSSR count). The van der Waals surface area contributed by atoms with Gasteiger partial charge < -0.3 is 19.5 Å². The van der Waals surface area contributed by atoms with Crippen molar-refractivity contribution in [1.29, 1.82) is 0 Å². The van der Waals surface area contributed by atoms with E-state index in [-0.39, 0.29) is 22.3 Å². The zero-order valence-corrected chi connectivity index (χ0v) is 16.7. The SMILES string of the molecule is O=C(c1cc(S(=O)(=O)N2CCOCC2)c[nH]1)N1CCN(c2ccccc2F)CC1. The number of halogens is 1. The second kappa shape index (κ2) is 8.13. The molecular weight excluding hydrogens is 399 g/mol. The highest BCUT2D eigenvalue weighted by Crippen LogP contribution is 2.22. The third-order valence-corrected chi connectivity index (χ3v) is 7.13. The number of nitrogens with one attached hydrogen (secondary N) is 1. The molecular formula is C19H23FN4O4S. The van der Waals surface area contributed by atoms with Gasteiger partial charge >= 0.3 is 0 Å². The molecule has 10 heteroatoms. The summed E-state index contributed by atoms with van der Waals surface area (Å²) in [6.45, 7) is 3.20. The van der Waals surface area contributed by atoms with Crippen LogP contribution in [0.4, 0.5) is 10.1 Å². The Balaban J connectivity index is 1.42. The fraction of sp³-hybridized carbons (Fsp3) is 0.421. The maximum atomic E-state index is 14.0. The van der Waals surface area contributed by atoms with Gasteiger partial charge in [-0.25, -0.2) is 12.8 Å². The molecule has 0 saturated carbocycles. The highest BCUT2D eigenvalue weighted by molar-refractivity contribution is 7.89. The number of anilines is 1. The zero-order chi connectivity index (χ0) is 20.4. The van der Waals surface area contributed by atoms with Crippen LogP contribution in [0.25, 0.3) is 0 Å². The van der Waals surface area contributed by atoms with E-state index in [9.17, 15) is 17.6 Å². The van der Waals surface area contributed by atoms with Crippen LogP contribution < -0.4 is 4.90 Å². The van der Waals surface area contributed by atoms with Crippen molar-refractivity contribution in [2.24, 2.45) is 0 Å². The number of piperazine rings is 1. The van der Waals surface area contributed by atoms with Gasteiger partial charge in [-0.1, -0.05) is 12.1 Å². The molecule has 2 saturated heterocycles. The molecule has 1 aromatic heterocycles. The molecule has 8 nitrogen and oxygen atoms in total. The van der Waals surface area contributed by atoms with Crippen LogP contribution >= 0.6 is 0 Å². The smallest absolute Gasteiger partial charge is 0.270 e. The number of nitrogens with zero attached hydrogens (tertiary/aromatic N) is 3. The van der Waals surface area contributed by atoms with Crippen LogP contribution in [-0.2, 0) is 14.8 Å². The van der Waals surface area contributed by atoms with E-state index >= 15 is 0 Å². The van der Waals surface area contributed by atoms with Crippen LogP contribution in [0.15, 0.2) is 41.4 Å². The molecule has 2 aliphatic heterocycles. The number of aromatic nitrogens is 1. The number of para-hydroxylation sites is 1. The number of carbonyl (C=O) groups is 1. The Hall–Kier alpha value is -2.43. The molecule has 1 aromatic carbocycles. The number of H-pyrrole nitrogens is 1. The number of hydrogen-bond donors (Lipinski definition) is 1. The van der Waals surface area contributed by atoms with Crippen molar-refractivity contribution in [2.75, 3.05) is 57.4 Å². The molecule has 1 amide bonds. The van der Waals surface area contributed by atoms with Gasteiger partial charge in [0, 0.05) is 45.5 Å². The molecule has 2 fully saturated rings. The Morgan fingerprint density at radius 3 is 2.41 bits per heavy atom. The fourth-order valence-electron chi connectivity index (χ4n) is 3.61. The van der Waals surface area contributed by atoms with Gasteiger partial charge in [-0.15, -0.1) is 0 Å². The van der Waals surface area contributed by atoms with E-state index in [1.165, 1.54) is 22.6 Å². The summed E-state index contributed by atoms with van der Waals surface area (Å²) in [5.41, 5.74) is 0.759. The van der Waals surface area contributed by atoms with Gasteiger partial charge in [0.05, 0.1) is 18.9 Å². The minimum absolute atomic E-state index is 0.0766. The van der Waals surface area contributed by atoms with Crippen LogP contribution in [0.3, 0.4) is 0 Å². The first-order chi connectivity index (χ1) is 14.0. The minimum Gasteiger partial charge on any atom is -0.379 e. The molecule has 0 atom stereocenters. The van der Waals surface area contributed by atoms with Crippen LogP contribution in [0, 0.1) is 5.82 Å². The van der Waals surface area contributed by atoms with E-state index in [1.807, 2.05) is 4.90 Å². The lowest BCUT2D eigenvalue weighted by Crippen LogP contribution is -2.49. The van der Waals surface area contributed by atoms with Gasteiger partial charge in [0.1, 0.15) is 16.4 Å². The summed E-state index contributed by atoms with van der Waals surface area (Å²) in [5.74, 6) is -0.545. The Morgan fingerprint density at radius 1 is 1.03 bits per heavy atom. The predicted molar refractivity (Wildman–Crippen MR) is 105 cm³/mol. The van der Waals surface area contributed by atoms with Gasteiger partial charge in [0.15, 0.2) is 0 Å². The minimum atomic E-state index is -3.65. The van der Waals surface area contributed by atoms with Gasteiger partial charge in [-0.05, 0) is 18.2 Å². The van der Waals surface area contributed by atoms with Crippen LogP contribution in [0.2, 0.25) is 0 Å². The van der Waals surface area contributed by atoms with Crippen LogP contribution in [0.5, 0.6) is 0 Å². The van der Waals surface area contributed by atoms with E-state index in [0.717, 1.165) is 0 Å². The standard InChI is InChI=1S/C19H23FN4O4S/c20-16-3-1-2-4-18(16)22-5-7-23(8-6-22)19(25)17-13-15(14-21-17)29(26,27)24-9-11-28-12-10-24/h1-4,13-14,21H,5-12H2. The van der Waals surface area contributed by atoms with Crippen molar-refractivity contribution in [3.63, 3.8) is 0 Å². The lowest BCUT2D eigenvalue weighted by molar-refractivity contribution is 0.0729. The molecule has 0 unspecified atom stereocenters. The molecule has 0 radical (unpaired) electrons. The van der Waals surface area contributed by atoms with Gasteiger partial charge in [-0.2, -0.15) is 4.31 Å². The molecule has 29 heavy (non-hydrogen) atoms. The first-order valence-corrected chi connectivity index (χ1v) is 11.0. The average Bonchev–Trinajstić information content (AvgIpc) is 3.26. The van der Waals surface area contributed by atoms with Gasteiger partial charge in [0.25, 0.3) is 5.91 Å². The van der Waals surface area contributed by atoms with Crippen molar-refractivity contribution < 1.29 is 22.3 Å². The molecule has 0 bridgehead atoms. The van der Waals surface area contributed by atoms with E-state index in [4.69, 9.17) is 4.74 Å². The molecule has 0 spiro atoms. The van der Waals surface area contributed by atoms with Gasteiger partial charge in [0.2, 0.25) is 10.0 Å². The third-order valence-electron chi connectivity index (χ3n) is 5.25. The lowest BCUT2D eigenvalue weighted by Gasteiger charge is -2.36. The Kier molecular flexibility index (Phi) is 5.57. The van der Waals surface area contributed by atoms with E-state index < -0.39 is 10.0 Å². The van der Waals surface area contributed by atoms with E-state index in [1.54, 1.807) is 23.1 Å². The Labute approximate surface area is 168 Å². The van der Waals surface area contributed by atoms with Crippen molar-refractivity contribution in [3.8, 4) is 0 Å². The summed E-state index contributed by atoms with van der Waals surface area (Å²) in [4.78, 5) is 19.2. The maximum Gasteiger partial charge on any atom is 0.270 e. The average molecular weight is 422 g/mol. The molecule has 1 N–H and O–H groups in total. The number of ether oxygens (including phenoxy) is 1. The van der Waals surface area contributed by atoms with Crippen LogP contribution in [0.1, 0.15) is 10.5 Å². The number of carbonyl (C=O) groups excluding carboxylic acids is 1. The second-order valence-electron chi connectivity index (χ2n) is 7.00. The lowest BCUT2D eigenvalue weighted by atomic mass is 10.2. The number of hydrogen-bond acceptors (Lipinski definition) is 5. The summed E-state index contributed by atoms with van der Waals surface area (Å²) in [5, 5.41) is 0. The number of benzene rings is 1. The summed E-state index contributed by atoms with van der Waals surface area (Å²) in [7, 11) is -3.65. The molecule has 156 valence electrons. The number of amides is 1. The van der Waals surface area contributed by atoms with E-state index in [2.05, 4.69) is 4.98 Å². The van der Waals surface area contributed by atoms with Crippen molar-refractivity contribution in [1.82, 2.24) is 14.2 Å². The Bertz CT molecular complexity index is 980. The summed E-state index contributed by atoms with van der Waals surface area (Å²) in [6.07, 6.45) is 1.35. The largest absolute Gasteiger partial charge is 0.379 e. The second-order valence-corrected chi connectivity index (χ2v) is 8.93. The van der Waals surface area contributed by atoms with Gasteiger partial charge in [-0.3, -0.25) is 4.79 Å². The molecule has 2 aromatic rings. The highest BCUT2D eigenvalue weighted by atomic mass is 32.2. The van der Waals surface area contributed by atoms with Crippen molar-refractivity contribution >= 4 is 21.6 Å². The van der Waals surface area contributed by atoms with Crippen LogP contribution in [-0.4, -0.2) is 81.0 Å². The first-order valence-electron chi connectivity index (χ1n) is 9.52. The fourth-order valence-corrected chi connectivity index (χ4v) is 5.01. The van der Waals surface area contributed by atoms with E-state index in [0.29, 0.717) is 58.2 Å². The third kappa shape index (κ3) is 4.00. The summed E-state index contributed by atoms with van der Waals surface area (Å²) in [6, 6.07) is 7.96. The number of aromatic amines is 1. The van der Waals surface area contributed by atoms with Crippen molar-refractivity contribution in [3.05, 3.63) is 48.0 Å². The van der Waals surface area contributed by atoms with Crippen molar-refractivity contribution in [2.45, 2.75) is 4.90 Å². The summed E-state index contributed by atoms with van der Waals surface area (Å²) < 4.78 is 46.0.